The summed E-state index contributed by atoms with van der Waals surface area (Å²) in [4.78, 5) is 52.3. The number of hydrogen-bond acceptors (Lipinski definition) is 11. The number of unbranched alkanes of at least 4 members (excludes halogenated alkanes) is 10. The molecule has 0 fully saturated rings. The molecule has 0 spiro atoms. The number of rotatable bonds is 24. The van der Waals surface area contributed by atoms with Gasteiger partial charge in [-0.1, -0.05) is 84.1 Å². The summed E-state index contributed by atoms with van der Waals surface area (Å²) in [7, 11) is 0. The fourth-order valence-electron chi connectivity index (χ4n) is 6.63. The molecule has 1 aromatic heterocycles. The SMILES string of the molecule is CCCCCCCCOc1ccc(OC(=O)c2ccc(OC(=O)c3cc4c(OC(=O)c5ccc(OC(=O)c6ccc(OCCCCCCCC)cc6)cc5)cccc4s3)cc2)cc1. The molecular formula is C52H54O10S. The van der Waals surface area contributed by atoms with Gasteiger partial charge in [-0.25, -0.2) is 19.2 Å². The topological polar surface area (TPSA) is 124 Å². The highest BCUT2D eigenvalue weighted by Crippen LogP contribution is 2.34. The van der Waals surface area contributed by atoms with Crippen molar-refractivity contribution in [3.63, 3.8) is 0 Å². The molecule has 1 heterocycles. The Balaban J connectivity index is 0.955. The summed E-state index contributed by atoms with van der Waals surface area (Å²) in [6.45, 7) is 5.69. The van der Waals surface area contributed by atoms with Gasteiger partial charge in [0.2, 0.25) is 0 Å². The number of fused-ring (bicyclic) bond motifs is 1. The predicted molar refractivity (Wildman–Crippen MR) is 245 cm³/mol. The molecule has 0 saturated carbocycles. The normalized spacial score (nSPS) is 10.9. The third kappa shape index (κ3) is 14.3. The van der Waals surface area contributed by atoms with Crippen LogP contribution in [0.25, 0.3) is 10.1 Å². The Morgan fingerprint density at radius 1 is 0.413 bits per heavy atom. The van der Waals surface area contributed by atoms with E-state index in [4.69, 9.17) is 28.4 Å². The standard InChI is InChI=1S/C52H54O10S/c1-3-5-7-9-11-13-34-57-40-24-18-37(19-25-40)49(53)59-42-26-22-39(23-27-42)51(55)62-46-16-15-17-47-45(46)36-48(63-47)52(56)61-43-28-20-38(21-29-43)50(54)60-44-32-30-41(31-33-44)58-35-14-12-10-8-6-4-2/h15-33,36H,3-14,34-35H2,1-2H3. The Labute approximate surface area is 373 Å². The van der Waals surface area contributed by atoms with Crippen LogP contribution in [0.3, 0.4) is 0 Å². The van der Waals surface area contributed by atoms with E-state index < -0.39 is 23.9 Å². The second-order valence-corrected chi connectivity index (χ2v) is 16.2. The maximum absolute atomic E-state index is 13.2. The number of thiophene rings is 1. The fraction of sp³-hybridized carbons (Fsp3) is 0.308. The molecule has 0 aliphatic carbocycles. The average molecular weight is 871 g/mol. The van der Waals surface area contributed by atoms with Crippen LogP contribution in [0.5, 0.6) is 34.5 Å². The first-order chi connectivity index (χ1) is 30.8. The van der Waals surface area contributed by atoms with Gasteiger partial charge in [0, 0.05) is 10.1 Å². The largest absolute Gasteiger partial charge is 0.494 e. The summed E-state index contributed by atoms with van der Waals surface area (Å²) in [5.74, 6) is 0.242. The average Bonchev–Trinajstić information content (AvgIpc) is 3.76. The van der Waals surface area contributed by atoms with Crippen molar-refractivity contribution in [1.29, 1.82) is 0 Å². The molecule has 11 heteroatoms. The van der Waals surface area contributed by atoms with Gasteiger partial charge < -0.3 is 28.4 Å². The third-order valence-corrected chi connectivity index (χ3v) is 11.3. The van der Waals surface area contributed by atoms with E-state index in [-0.39, 0.29) is 33.3 Å². The molecule has 5 aromatic carbocycles. The van der Waals surface area contributed by atoms with Gasteiger partial charge >= 0.3 is 23.9 Å². The lowest BCUT2D eigenvalue weighted by Crippen LogP contribution is -2.10. The number of hydrogen-bond donors (Lipinski definition) is 0. The Morgan fingerprint density at radius 2 is 0.794 bits per heavy atom. The highest BCUT2D eigenvalue weighted by molar-refractivity contribution is 7.20. The number of esters is 4. The number of carbonyl (C=O) groups is 4. The van der Waals surface area contributed by atoms with E-state index in [1.54, 1.807) is 66.7 Å². The molecular weight excluding hydrogens is 817 g/mol. The van der Waals surface area contributed by atoms with Crippen molar-refractivity contribution in [2.24, 2.45) is 0 Å². The molecule has 0 bridgehead atoms. The van der Waals surface area contributed by atoms with Gasteiger partial charge in [0.1, 0.15) is 39.4 Å². The van der Waals surface area contributed by atoms with Gasteiger partial charge in [-0.2, -0.15) is 0 Å². The van der Waals surface area contributed by atoms with Crippen molar-refractivity contribution >= 4 is 45.3 Å². The van der Waals surface area contributed by atoms with Crippen LogP contribution in [0.2, 0.25) is 0 Å². The van der Waals surface area contributed by atoms with E-state index in [1.807, 2.05) is 6.07 Å². The van der Waals surface area contributed by atoms with Gasteiger partial charge in [-0.05, 0) is 128 Å². The summed E-state index contributed by atoms with van der Waals surface area (Å²) in [5, 5.41) is 0.558. The van der Waals surface area contributed by atoms with E-state index in [9.17, 15) is 19.2 Å². The highest BCUT2D eigenvalue weighted by atomic mass is 32.1. The van der Waals surface area contributed by atoms with Crippen LogP contribution in [-0.4, -0.2) is 37.1 Å². The van der Waals surface area contributed by atoms with Crippen LogP contribution in [0.4, 0.5) is 0 Å². The Hall–Kier alpha value is -6.46. The molecule has 0 aliphatic rings. The quantitative estimate of drug-likeness (QED) is 0.0330. The van der Waals surface area contributed by atoms with Crippen LogP contribution in [0.1, 0.15) is 132 Å². The monoisotopic (exact) mass is 870 g/mol. The Bertz CT molecular complexity index is 2380. The van der Waals surface area contributed by atoms with Crippen molar-refractivity contribution < 1.29 is 47.6 Å². The van der Waals surface area contributed by atoms with E-state index >= 15 is 0 Å². The second-order valence-electron chi connectivity index (χ2n) is 15.1. The smallest absolute Gasteiger partial charge is 0.353 e. The van der Waals surface area contributed by atoms with E-state index in [1.165, 1.54) is 111 Å². The van der Waals surface area contributed by atoms with Gasteiger partial charge in [-0.3, -0.25) is 0 Å². The lowest BCUT2D eigenvalue weighted by molar-refractivity contribution is 0.0722. The Morgan fingerprint density at radius 3 is 1.27 bits per heavy atom. The van der Waals surface area contributed by atoms with E-state index in [0.29, 0.717) is 40.4 Å². The van der Waals surface area contributed by atoms with Crippen molar-refractivity contribution in [2.75, 3.05) is 13.2 Å². The molecule has 0 saturated heterocycles. The van der Waals surface area contributed by atoms with Crippen molar-refractivity contribution in [3.05, 3.63) is 143 Å². The first-order valence-corrected chi connectivity index (χ1v) is 22.7. The lowest BCUT2D eigenvalue weighted by Gasteiger charge is -2.09. The molecule has 6 aromatic rings. The lowest BCUT2D eigenvalue weighted by atomic mass is 10.1. The second kappa shape index (κ2) is 24.2. The van der Waals surface area contributed by atoms with Crippen LogP contribution in [0, 0.1) is 0 Å². The molecule has 10 nitrogen and oxygen atoms in total. The first kappa shape index (κ1) is 46.1. The molecule has 0 atom stereocenters. The minimum atomic E-state index is -0.629. The number of benzene rings is 5. The van der Waals surface area contributed by atoms with Gasteiger partial charge in [0.05, 0.1) is 29.9 Å². The van der Waals surface area contributed by atoms with Crippen LogP contribution < -0.4 is 28.4 Å². The maximum atomic E-state index is 13.2. The molecule has 0 radical (unpaired) electrons. The summed E-state index contributed by atoms with van der Waals surface area (Å²) in [6.07, 6.45) is 14.2. The molecule has 63 heavy (non-hydrogen) atoms. The third-order valence-electron chi connectivity index (χ3n) is 10.2. The van der Waals surface area contributed by atoms with Crippen LogP contribution >= 0.6 is 11.3 Å². The zero-order chi connectivity index (χ0) is 44.2. The van der Waals surface area contributed by atoms with Crippen molar-refractivity contribution in [3.8, 4) is 34.5 Å². The fourth-order valence-corrected chi connectivity index (χ4v) is 7.58. The maximum Gasteiger partial charge on any atom is 0.353 e. The van der Waals surface area contributed by atoms with E-state index in [0.717, 1.165) is 31.4 Å². The number of ether oxygens (including phenoxy) is 6. The first-order valence-electron chi connectivity index (χ1n) is 21.9. The van der Waals surface area contributed by atoms with Gasteiger partial charge in [0.25, 0.3) is 0 Å². The predicted octanol–water partition coefficient (Wildman–Crippen LogP) is 13.3. The minimum absolute atomic E-state index is 0.238. The summed E-state index contributed by atoms with van der Waals surface area (Å²) in [6, 6.07) is 32.7. The molecule has 0 unspecified atom stereocenters. The molecule has 0 amide bonds. The van der Waals surface area contributed by atoms with Crippen molar-refractivity contribution in [2.45, 2.75) is 90.9 Å². The summed E-state index contributed by atoms with van der Waals surface area (Å²) >= 11 is 1.19. The minimum Gasteiger partial charge on any atom is -0.494 e. The van der Waals surface area contributed by atoms with Gasteiger partial charge in [0.15, 0.2) is 0 Å². The summed E-state index contributed by atoms with van der Waals surface area (Å²) in [5.41, 5.74) is 0.894. The Kier molecular flexibility index (Phi) is 17.7. The molecule has 6 rings (SSSR count). The number of carbonyl (C=O) groups excluding carboxylic acids is 4. The zero-order valence-electron chi connectivity index (χ0n) is 35.9. The zero-order valence-corrected chi connectivity index (χ0v) is 36.8. The highest BCUT2D eigenvalue weighted by Gasteiger charge is 2.19. The molecule has 0 N–H and O–H groups in total. The van der Waals surface area contributed by atoms with Crippen LogP contribution in [-0.2, 0) is 0 Å². The van der Waals surface area contributed by atoms with Crippen molar-refractivity contribution in [1.82, 2.24) is 0 Å². The molecule has 0 aliphatic heterocycles. The molecule has 328 valence electrons. The van der Waals surface area contributed by atoms with Gasteiger partial charge in [-0.15, -0.1) is 11.3 Å². The van der Waals surface area contributed by atoms with Crippen LogP contribution in [0.15, 0.2) is 121 Å². The summed E-state index contributed by atoms with van der Waals surface area (Å²) < 4.78 is 34.7. The van der Waals surface area contributed by atoms with E-state index in [2.05, 4.69) is 13.8 Å².